The van der Waals surface area contributed by atoms with Crippen molar-refractivity contribution < 1.29 is 10.0 Å². The van der Waals surface area contributed by atoms with Crippen molar-refractivity contribution in [1.82, 2.24) is 5.32 Å². The zero-order chi connectivity index (χ0) is 14.1. The van der Waals surface area contributed by atoms with E-state index < -0.39 is 0 Å². The van der Waals surface area contributed by atoms with Crippen molar-refractivity contribution in [3.05, 3.63) is 29.8 Å². The van der Waals surface area contributed by atoms with Gasteiger partial charge in [0.2, 0.25) is 5.91 Å². The van der Waals surface area contributed by atoms with E-state index in [1.54, 1.807) is 11.8 Å². The summed E-state index contributed by atoms with van der Waals surface area (Å²) < 4.78 is 0. The number of rotatable bonds is 4. The predicted molar refractivity (Wildman–Crippen MR) is 78.0 cm³/mol. The molecule has 2 aliphatic rings. The van der Waals surface area contributed by atoms with Crippen molar-refractivity contribution in [3.63, 3.8) is 0 Å². The van der Waals surface area contributed by atoms with Crippen LogP contribution in [0.25, 0.3) is 0 Å². The highest BCUT2D eigenvalue weighted by Crippen LogP contribution is 2.40. The summed E-state index contributed by atoms with van der Waals surface area (Å²) in [6.45, 7) is 0. The Bertz CT molecular complexity index is 557. The Hall–Kier alpha value is -1.69. The molecule has 20 heavy (non-hydrogen) atoms. The van der Waals surface area contributed by atoms with Gasteiger partial charge >= 0.3 is 0 Å². The van der Waals surface area contributed by atoms with Gasteiger partial charge in [-0.25, -0.2) is 0 Å². The SMILES string of the molecule is NC(=NO)C(NC(=O)C1CSc2ccccc21)C1CC1. The van der Waals surface area contributed by atoms with Gasteiger partial charge in [0, 0.05) is 10.6 Å². The smallest absolute Gasteiger partial charge is 0.229 e. The fourth-order valence-electron chi connectivity index (χ4n) is 2.56. The fraction of sp³-hybridized carbons (Fsp3) is 0.429. The van der Waals surface area contributed by atoms with Crippen molar-refractivity contribution in [2.24, 2.45) is 16.8 Å². The number of nitrogens with two attached hydrogens (primary N) is 1. The minimum Gasteiger partial charge on any atom is -0.409 e. The van der Waals surface area contributed by atoms with Crippen LogP contribution in [0.4, 0.5) is 0 Å². The van der Waals surface area contributed by atoms with Gasteiger partial charge < -0.3 is 16.3 Å². The molecule has 0 bridgehead atoms. The zero-order valence-electron chi connectivity index (χ0n) is 11.0. The van der Waals surface area contributed by atoms with Gasteiger partial charge in [0.25, 0.3) is 0 Å². The molecule has 1 amide bonds. The van der Waals surface area contributed by atoms with Crippen molar-refractivity contribution in [1.29, 1.82) is 0 Å². The van der Waals surface area contributed by atoms with Gasteiger partial charge in [0.1, 0.15) is 0 Å². The van der Waals surface area contributed by atoms with E-state index in [0.717, 1.165) is 24.2 Å². The number of hydrogen-bond donors (Lipinski definition) is 3. The summed E-state index contributed by atoms with van der Waals surface area (Å²) in [5.74, 6) is 0.965. The summed E-state index contributed by atoms with van der Waals surface area (Å²) in [4.78, 5) is 13.6. The molecule has 0 spiro atoms. The van der Waals surface area contributed by atoms with Crippen LogP contribution in [-0.4, -0.2) is 28.7 Å². The number of oxime groups is 1. The summed E-state index contributed by atoms with van der Waals surface area (Å²) in [7, 11) is 0. The number of amides is 1. The summed E-state index contributed by atoms with van der Waals surface area (Å²) in [6.07, 6.45) is 2.02. The van der Waals surface area contributed by atoms with E-state index in [1.807, 2.05) is 24.3 Å². The van der Waals surface area contributed by atoms with Gasteiger partial charge in [-0.2, -0.15) is 0 Å². The molecule has 1 saturated carbocycles. The molecule has 1 heterocycles. The van der Waals surface area contributed by atoms with E-state index in [9.17, 15) is 4.79 Å². The molecule has 3 rings (SSSR count). The lowest BCUT2D eigenvalue weighted by molar-refractivity contribution is -0.122. The summed E-state index contributed by atoms with van der Waals surface area (Å²) in [5, 5.41) is 14.8. The summed E-state index contributed by atoms with van der Waals surface area (Å²) in [5.41, 5.74) is 6.75. The van der Waals surface area contributed by atoms with Gasteiger partial charge in [-0.05, 0) is 30.4 Å². The van der Waals surface area contributed by atoms with Crippen LogP contribution in [-0.2, 0) is 4.79 Å². The van der Waals surface area contributed by atoms with Crippen LogP contribution in [0.15, 0.2) is 34.3 Å². The average Bonchev–Trinajstić information content (AvgIpc) is 3.22. The fourth-order valence-corrected chi connectivity index (χ4v) is 3.79. The third kappa shape index (κ3) is 2.47. The molecule has 0 saturated heterocycles. The first-order valence-corrected chi connectivity index (χ1v) is 7.68. The highest BCUT2D eigenvalue weighted by molar-refractivity contribution is 7.99. The standard InChI is InChI=1S/C14H17N3O2S/c15-13(17-19)12(8-5-6-8)16-14(18)10-7-20-11-4-2-1-3-9(10)11/h1-4,8,10,12,19H,5-7H2,(H2,15,17)(H,16,18). The molecule has 6 heteroatoms. The summed E-state index contributed by atoms with van der Waals surface area (Å²) >= 11 is 1.70. The number of hydrogen-bond acceptors (Lipinski definition) is 4. The Morgan fingerprint density at radius 3 is 2.90 bits per heavy atom. The largest absolute Gasteiger partial charge is 0.409 e. The lowest BCUT2D eigenvalue weighted by atomic mass is 9.99. The van der Waals surface area contributed by atoms with Crippen molar-refractivity contribution in [3.8, 4) is 0 Å². The first-order valence-electron chi connectivity index (χ1n) is 6.70. The maximum absolute atomic E-state index is 12.5. The Balaban J connectivity index is 1.74. The normalized spacial score (nSPS) is 23.2. The first kappa shape index (κ1) is 13.3. The Morgan fingerprint density at radius 1 is 1.45 bits per heavy atom. The molecular formula is C14H17N3O2S. The van der Waals surface area contributed by atoms with E-state index in [1.165, 1.54) is 4.90 Å². The van der Waals surface area contributed by atoms with Crippen molar-refractivity contribution in [2.45, 2.75) is 29.7 Å². The Morgan fingerprint density at radius 2 is 2.20 bits per heavy atom. The second-order valence-corrected chi connectivity index (χ2v) is 6.31. The molecule has 4 N–H and O–H groups in total. The Kier molecular flexibility index (Phi) is 3.56. The van der Waals surface area contributed by atoms with E-state index in [2.05, 4.69) is 10.5 Å². The third-order valence-corrected chi connectivity index (χ3v) is 5.02. The maximum Gasteiger partial charge on any atom is 0.229 e. The maximum atomic E-state index is 12.5. The van der Waals surface area contributed by atoms with E-state index in [-0.39, 0.29) is 23.7 Å². The highest BCUT2D eigenvalue weighted by atomic mass is 32.2. The number of carbonyl (C=O) groups is 1. The number of carbonyl (C=O) groups excluding carboxylic acids is 1. The number of nitrogens with one attached hydrogen (secondary N) is 1. The molecule has 0 aromatic heterocycles. The van der Waals surface area contributed by atoms with Crippen LogP contribution in [0.2, 0.25) is 0 Å². The molecule has 2 atom stereocenters. The minimum absolute atomic E-state index is 0.0362. The molecule has 5 nitrogen and oxygen atoms in total. The molecule has 1 aliphatic heterocycles. The molecule has 1 aliphatic carbocycles. The molecule has 1 aromatic rings. The molecule has 1 fully saturated rings. The van der Waals surface area contributed by atoms with Crippen LogP contribution in [0.3, 0.4) is 0 Å². The quantitative estimate of drug-likeness (QED) is 0.340. The third-order valence-electron chi connectivity index (χ3n) is 3.84. The molecule has 0 radical (unpaired) electrons. The van der Waals surface area contributed by atoms with Gasteiger partial charge in [-0.15, -0.1) is 11.8 Å². The number of benzene rings is 1. The van der Waals surface area contributed by atoms with Crippen LogP contribution in [0, 0.1) is 5.92 Å². The minimum atomic E-state index is -0.342. The number of fused-ring (bicyclic) bond motifs is 1. The first-order chi connectivity index (χ1) is 9.70. The van der Waals surface area contributed by atoms with Crippen LogP contribution < -0.4 is 11.1 Å². The average molecular weight is 291 g/mol. The lowest BCUT2D eigenvalue weighted by Crippen LogP contribution is -2.47. The second-order valence-electron chi connectivity index (χ2n) is 5.25. The molecule has 106 valence electrons. The topological polar surface area (TPSA) is 87.7 Å². The van der Waals surface area contributed by atoms with Gasteiger partial charge in [0.15, 0.2) is 5.84 Å². The van der Waals surface area contributed by atoms with Gasteiger partial charge in [-0.3, -0.25) is 4.79 Å². The molecule has 2 unspecified atom stereocenters. The van der Waals surface area contributed by atoms with Crippen molar-refractivity contribution in [2.75, 3.05) is 5.75 Å². The number of amidine groups is 1. The monoisotopic (exact) mass is 291 g/mol. The van der Waals surface area contributed by atoms with E-state index in [0.29, 0.717) is 5.92 Å². The zero-order valence-corrected chi connectivity index (χ0v) is 11.8. The predicted octanol–water partition coefficient (Wildman–Crippen LogP) is 1.52. The van der Waals surface area contributed by atoms with E-state index in [4.69, 9.17) is 10.9 Å². The summed E-state index contributed by atoms with van der Waals surface area (Å²) in [6, 6.07) is 7.62. The Labute approximate surface area is 121 Å². The van der Waals surface area contributed by atoms with Gasteiger partial charge in [0.05, 0.1) is 12.0 Å². The lowest BCUT2D eigenvalue weighted by Gasteiger charge is -2.19. The highest BCUT2D eigenvalue weighted by Gasteiger charge is 2.38. The number of thioether (sulfide) groups is 1. The number of nitrogens with zero attached hydrogens (tertiary/aromatic N) is 1. The van der Waals surface area contributed by atoms with Crippen LogP contribution in [0.5, 0.6) is 0 Å². The second kappa shape index (κ2) is 5.36. The molecular weight excluding hydrogens is 274 g/mol. The van der Waals surface area contributed by atoms with E-state index >= 15 is 0 Å². The van der Waals surface area contributed by atoms with Gasteiger partial charge in [-0.1, -0.05) is 23.4 Å². The van der Waals surface area contributed by atoms with Crippen LogP contribution in [0.1, 0.15) is 24.3 Å². The van der Waals surface area contributed by atoms with Crippen molar-refractivity contribution >= 4 is 23.5 Å². The van der Waals surface area contributed by atoms with Crippen LogP contribution >= 0.6 is 11.8 Å². The molecule has 1 aromatic carbocycles.